The third kappa shape index (κ3) is 2.68. The Bertz CT molecular complexity index is 601. The minimum Gasteiger partial charge on any atom is -0.324 e. The Morgan fingerprint density at radius 3 is 2.79 bits per heavy atom. The van der Waals surface area contributed by atoms with E-state index in [9.17, 15) is 0 Å². The van der Waals surface area contributed by atoms with Crippen molar-refractivity contribution in [2.24, 2.45) is 5.92 Å². The van der Waals surface area contributed by atoms with Crippen molar-refractivity contribution in [3.8, 4) is 0 Å². The van der Waals surface area contributed by atoms with E-state index in [1.807, 2.05) is 6.92 Å². The molecule has 3 rings (SSSR count). The van der Waals surface area contributed by atoms with Crippen LogP contribution in [0, 0.1) is 5.92 Å². The Labute approximate surface area is 127 Å². The first-order chi connectivity index (χ1) is 9.06. The van der Waals surface area contributed by atoms with Crippen LogP contribution in [-0.4, -0.2) is 9.55 Å². The molecule has 0 saturated heterocycles. The molecule has 2 nitrogen and oxygen atoms in total. The Morgan fingerprint density at radius 1 is 1.42 bits per heavy atom. The maximum Gasteiger partial charge on any atom is 0.127 e. The van der Waals surface area contributed by atoms with Crippen LogP contribution in [-0.2, 0) is 0 Å². The van der Waals surface area contributed by atoms with Gasteiger partial charge in [0.25, 0.3) is 0 Å². The van der Waals surface area contributed by atoms with Gasteiger partial charge in [0.1, 0.15) is 5.82 Å². The SMILES string of the molecule is CC(Cl)c1nc2cc(Br)ccc2n1C(C)CC1CC1. The largest absolute Gasteiger partial charge is 0.324 e. The van der Waals surface area contributed by atoms with Gasteiger partial charge in [-0.25, -0.2) is 4.98 Å². The van der Waals surface area contributed by atoms with E-state index < -0.39 is 0 Å². The number of imidazole rings is 1. The molecule has 1 aromatic heterocycles. The quantitative estimate of drug-likeness (QED) is 0.675. The zero-order valence-electron chi connectivity index (χ0n) is 11.2. The lowest BCUT2D eigenvalue weighted by molar-refractivity contribution is 0.472. The summed E-state index contributed by atoms with van der Waals surface area (Å²) in [6.07, 6.45) is 4.00. The summed E-state index contributed by atoms with van der Waals surface area (Å²) in [6.45, 7) is 4.28. The van der Waals surface area contributed by atoms with Crippen LogP contribution >= 0.6 is 27.5 Å². The average molecular weight is 342 g/mol. The highest BCUT2D eigenvalue weighted by Gasteiger charge is 2.27. The van der Waals surface area contributed by atoms with Crippen LogP contribution in [0.3, 0.4) is 0 Å². The van der Waals surface area contributed by atoms with Gasteiger partial charge in [0.15, 0.2) is 0 Å². The van der Waals surface area contributed by atoms with Crippen molar-refractivity contribution in [1.29, 1.82) is 0 Å². The zero-order valence-corrected chi connectivity index (χ0v) is 13.6. The molecule has 0 radical (unpaired) electrons. The van der Waals surface area contributed by atoms with Crippen LogP contribution < -0.4 is 0 Å². The van der Waals surface area contributed by atoms with Gasteiger partial charge in [-0.15, -0.1) is 11.6 Å². The van der Waals surface area contributed by atoms with Crippen molar-refractivity contribution < 1.29 is 0 Å². The first-order valence-corrected chi connectivity index (χ1v) is 8.10. The van der Waals surface area contributed by atoms with Gasteiger partial charge in [-0.2, -0.15) is 0 Å². The third-order valence-corrected chi connectivity index (χ3v) is 4.54. The molecule has 0 N–H and O–H groups in total. The number of aromatic nitrogens is 2. The van der Waals surface area contributed by atoms with Gasteiger partial charge < -0.3 is 4.57 Å². The molecule has 0 aliphatic heterocycles. The Balaban J connectivity index is 2.09. The molecule has 2 unspecified atom stereocenters. The second-order valence-electron chi connectivity index (χ2n) is 5.62. The monoisotopic (exact) mass is 340 g/mol. The lowest BCUT2D eigenvalue weighted by Crippen LogP contribution is -2.10. The van der Waals surface area contributed by atoms with Gasteiger partial charge in [-0.3, -0.25) is 0 Å². The van der Waals surface area contributed by atoms with E-state index in [1.165, 1.54) is 24.8 Å². The summed E-state index contributed by atoms with van der Waals surface area (Å²) in [7, 11) is 0. The molecular formula is C15H18BrClN2. The van der Waals surface area contributed by atoms with E-state index >= 15 is 0 Å². The number of fused-ring (bicyclic) bond motifs is 1. The minimum atomic E-state index is -0.0622. The topological polar surface area (TPSA) is 17.8 Å². The van der Waals surface area contributed by atoms with Crippen molar-refractivity contribution in [2.45, 2.75) is 44.5 Å². The molecule has 1 saturated carbocycles. The Kier molecular flexibility index (Phi) is 3.61. The molecule has 4 heteroatoms. The number of alkyl halides is 1. The van der Waals surface area contributed by atoms with Gasteiger partial charge in [0.2, 0.25) is 0 Å². The molecule has 0 bridgehead atoms. The van der Waals surface area contributed by atoms with E-state index in [0.29, 0.717) is 6.04 Å². The highest BCUT2D eigenvalue weighted by atomic mass is 79.9. The summed E-state index contributed by atoms with van der Waals surface area (Å²) in [5.41, 5.74) is 2.22. The smallest absolute Gasteiger partial charge is 0.127 e. The lowest BCUT2D eigenvalue weighted by Gasteiger charge is -2.18. The third-order valence-electron chi connectivity index (χ3n) is 3.85. The summed E-state index contributed by atoms with van der Waals surface area (Å²) in [6, 6.07) is 6.75. The van der Waals surface area contributed by atoms with E-state index in [4.69, 9.17) is 16.6 Å². The number of hydrogen-bond donors (Lipinski definition) is 0. The maximum absolute atomic E-state index is 6.32. The fraction of sp³-hybridized carbons (Fsp3) is 0.533. The molecule has 1 aromatic carbocycles. The van der Waals surface area contributed by atoms with Crippen LogP contribution in [0.4, 0.5) is 0 Å². The molecule has 1 fully saturated rings. The molecular weight excluding hydrogens is 324 g/mol. The normalized spacial score (nSPS) is 18.7. The summed E-state index contributed by atoms with van der Waals surface area (Å²) < 4.78 is 3.39. The highest BCUT2D eigenvalue weighted by Crippen LogP contribution is 2.39. The second kappa shape index (κ2) is 5.10. The summed E-state index contributed by atoms with van der Waals surface area (Å²) in [5.74, 6) is 1.89. The molecule has 1 aliphatic carbocycles. The predicted molar refractivity (Wildman–Crippen MR) is 83.8 cm³/mol. The molecule has 0 spiro atoms. The van der Waals surface area contributed by atoms with Crippen molar-refractivity contribution in [3.05, 3.63) is 28.5 Å². The first-order valence-electron chi connectivity index (χ1n) is 6.87. The molecule has 102 valence electrons. The van der Waals surface area contributed by atoms with Crippen molar-refractivity contribution in [1.82, 2.24) is 9.55 Å². The maximum atomic E-state index is 6.32. The van der Waals surface area contributed by atoms with Gasteiger partial charge in [0, 0.05) is 10.5 Å². The van der Waals surface area contributed by atoms with Gasteiger partial charge in [0.05, 0.1) is 16.4 Å². The number of rotatable bonds is 4. The van der Waals surface area contributed by atoms with Gasteiger partial charge in [-0.1, -0.05) is 28.8 Å². The molecule has 0 amide bonds. The van der Waals surface area contributed by atoms with Crippen LogP contribution in [0.25, 0.3) is 11.0 Å². The van der Waals surface area contributed by atoms with Crippen LogP contribution in [0.15, 0.2) is 22.7 Å². The first kappa shape index (κ1) is 13.4. The van der Waals surface area contributed by atoms with E-state index in [1.54, 1.807) is 0 Å². The highest BCUT2D eigenvalue weighted by molar-refractivity contribution is 9.10. The summed E-state index contributed by atoms with van der Waals surface area (Å²) in [5, 5.41) is -0.0622. The van der Waals surface area contributed by atoms with Gasteiger partial charge in [-0.05, 0) is 44.4 Å². The zero-order chi connectivity index (χ0) is 13.6. The molecule has 2 aromatic rings. The standard InChI is InChI=1S/C15H18BrClN2/c1-9(7-11-3-4-11)19-14-6-5-12(16)8-13(14)18-15(19)10(2)17/h5-6,8-11H,3-4,7H2,1-2H3. The van der Waals surface area contributed by atoms with Crippen molar-refractivity contribution in [2.75, 3.05) is 0 Å². The Hall–Kier alpha value is -0.540. The summed E-state index contributed by atoms with van der Waals surface area (Å²) in [4.78, 5) is 4.72. The summed E-state index contributed by atoms with van der Waals surface area (Å²) >= 11 is 9.83. The van der Waals surface area contributed by atoms with Crippen molar-refractivity contribution >= 4 is 38.6 Å². The minimum absolute atomic E-state index is 0.0622. The molecule has 19 heavy (non-hydrogen) atoms. The van der Waals surface area contributed by atoms with Crippen LogP contribution in [0.5, 0.6) is 0 Å². The van der Waals surface area contributed by atoms with E-state index in [2.05, 4.69) is 45.6 Å². The molecule has 2 atom stereocenters. The number of benzene rings is 1. The lowest BCUT2D eigenvalue weighted by atomic mass is 10.1. The molecule has 1 aliphatic rings. The predicted octanol–water partition coefficient (Wildman–Crippen LogP) is 5.46. The Morgan fingerprint density at radius 2 is 2.16 bits per heavy atom. The molecule has 1 heterocycles. The van der Waals surface area contributed by atoms with Gasteiger partial charge >= 0.3 is 0 Å². The fourth-order valence-electron chi connectivity index (χ4n) is 2.78. The van der Waals surface area contributed by atoms with Crippen LogP contribution in [0.1, 0.15) is 50.4 Å². The fourth-order valence-corrected chi connectivity index (χ4v) is 3.28. The number of hydrogen-bond acceptors (Lipinski definition) is 1. The van der Waals surface area contributed by atoms with E-state index in [0.717, 1.165) is 21.7 Å². The second-order valence-corrected chi connectivity index (χ2v) is 7.19. The van der Waals surface area contributed by atoms with E-state index in [-0.39, 0.29) is 5.38 Å². The van der Waals surface area contributed by atoms with Crippen LogP contribution in [0.2, 0.25) is 0 Å². The number of nitrogens with zero attached hydrogens (tertiary/aromatic N) is 2. The average Bonchev–Trinajstić information content (AvgIpc) is 3.06. The number of halogens is 2. The van der Waals surface area contributed by atoms with Crippen molar-refractivity contribution in [3.63, 3.8) is 0 Å².